The average molecular weight is 273 g/mol. The van der Waals surface area contributed by atoms with Gasteiger partial charge in [0.1, 0.15) is 0 Å². The molecule has 0 bridgehead atoms. The van der Waals surface area contributed by atoms with Crippen LogP contribution < -0.4 is 16.4 Å². The molecule has 1 aromatic heterocycles. The van der Waals surface area contributed by atoms with Crippen molar-refractivity contribution in [2.75, 3.05) is 17.2 Å². The maximum atomic E-state index is 10.9. The largest absolute Gasteiger partial charge is 0.370 e. The number of aromatic nitrogens is 3. The predicted octanol–water partition coefficient (Wildman–Crippen LogP) is 1.02. The molecule has 0 unspecified atom stereocenters. The highest BCUT2D eigenvalue weighted by Gasteiger charge is 2.22. The Kier molecular flexibility index (Phi) is 4.66. The van der Waals surface area contributed by atoms with E-state index in [2.05, 4.69) is 25.6 Å². The number of rotatable bonds is 6. The Morgan fingerprint density at radius 3 is 2.50 bits per heavy atom. The first-order valence-corrected chi connectivity index (χ1v) is 5.92. The maximum Gasteiger partial charge on any atom is 0.229 e. The van der Waals surface area contributed by atoms with E-state index in [1.54, 1.807) is 0 Å². The fourth-order valence-corrected chi connectivity index (χ4v) is 1.59. The predicted molar refractivity (Wildman–Crippen MR) is 70.5 cm³/mol. The van der Waals surface area contributed by atoms with Gasteiger partial charge in [-0.1, -0.05) is 0 Å². The third-order valence-corrected chi connectivity index (χ3v) is 2.18. The highest BCUT2D eigenvalue weighted by atomic mass is 35.5. The highest BCUT2D eigenvalue weighted by Crippen LogP contribution is 2.17. The van der Waals surface area contributed by atoms with Crippen LogP contribution in [0.3, 0.4) is 0 Å². The molecule has 0 aromatic carbocycles. The second-order valence-corrected chi connectivity index (χ2v) is 4.77. The Morgan fingerprint density at radius 1 is 1.33 bits per heavy atom. The van der Waals surface area contributed by atoms with E-state index in [0.717, 1.165) is 0 Å². The number of carbonyl (C=O) groups excluding carboxylic acids is 1. The molecule has 1 heterocycles. The Morgan fingerprint density at radius 2 is 1.94 bits per heavy atom. The molecule has 1 amide bonds. The summed E-state index contributed by atoms with van der Waals surface area (Å²) in [6.07, 6.45) is 0.160. The van der Waals surface area contributed by atoms with E-state index < -0.39 is 11.4 Å². The Labute approximate surface area is 111 Å². The normalized spacial score (nSPS) is 11.1. The SMILES string of the molecule is CCNc1nc(Cl)nc(NC(C)(C)CC(N)=O)n1. The van der Waals surface area contributed by atoms with Crippen molar-refractivity contribution < 1.29 is 4.79 Å². The molecule has 0 fully saturated rings. The monoisotopic (exact) mass is 272 g/mol. The second kappa shape index (κ2) is 5.81. The minimum absolute atomic E-state index is 0.0818. The molecule has 8 heteroatoms. The lowest BCUT2D eigenvalue weighted by Gasteiger charge is -2.24. The fraction of sp³-hybridized carbons (Fsp3) is 0.600. The van der Waals surface area contributed by atoms with E-state index in [1.807, 2.05) is 20.8 Å². The molecule has 4 N–H and O–H groups in total. The van der Waals surface area contributed by atoms with Gasteiger partial charge < -0.3 is 16.4 Å². The maximum absolute atomic E-state index is 10.9. The van der Waals surface area contributed by atoms with E-state index in [0.29, 0.717) is 18.4 Å². The molecule has 0 atom stereocenters. The van der Waals surface area contributed by atoms with Crippen molar-refractivity contribution in [2.24, 2.45) is 5.73 Å². The molecular weight excluding hydrogens is 256 g/mol. The van der Waals surface area contributed by atoms with Gasteiger partial charge in [-0.15, -0.1) is 0 Å². The number of primary amides is 1. The number of hydrogen-bond acceptors (Lipinski definition) is 6. The van der Waals surface area contributed by atoms with E-state index in [9.17, 15) is 4.79 Å². The number of nitrogens with two attached hydrogens (primary N) is 1. The van der Waals surface area contributed by atoms with Crippen LogP contribution in [0.4, 0.5) is 11.9 Å². The van der Waals surface area contributed by atoms with Crippen LogP contribution in [0.25, 0.3) is 0 Å². The molecular formula is C10H17ClN6O. The molecule has 1 aromatic rings. The molecule has 0 saturated carbocycles. The van der Waals surface area contributed by atoms with Gasteiger partial charge in [0.2, 0.25) is 23.1 Å². The summed E-state index contributed by atoms with van der Waals surface area (Å²) in [5.74, 6) is 0.284. The summed E-state index contributed by atoms with van der Waals surface area (Å²) < 4.78 is 0. The highest BCUT2D eigenvalue weighted by molar-refractivity contribution is 6.28. The fourth-order valence-electron chi connectivity index (χ4n) is 1.43. The van der Waals surface area contributed by atoms with Gasteiger partial charge in [-0.3, -0.25) is 4.79 Å². The molecule has 1 rings (SSSR count). The van der Waals surface area contributed by atoms with Crippen LogP contribution in [0.5, 0.6) is 0 Å². The molecule has 0 spiro atoms. The third kappa shape index (κ3) is 4.70. The van der Waals surface area contributed by atoms with Crippen LogP contribution >= 0.6 is 11.6 Å². The van der Waals surface area contributed by atoms with Gasteiger partial charge in [-0.25, -0.2) is 0 Å². The van der Waals surface area contributed by atoms with Crippen LogP contribution in [0, 0.1) is 0 Å². The number of halogens is 1. The molecule has 0 aliphatic carbocycles. The van der Waals surface area contributed by atoms with Gasteiger partial charge >= 0.3 is 0 Å². The third-order valence-electron chi connectivity index (χ3n) is 2.01. The molecule has 0 radical (unpaired) electrons. The van der Waals surface area contributed by atoms with Gasteiger partial charge in [-0.2, -0.15) is 15.0 Å². The molecule has 100 valence electrons. The molecule has 7 nitrogen and oxygen atoms in total. The smallest absolute Gasteiger partial charge is 0.229 e. The standard InChI is InChI=1S/C10H17ClN6O/c1-4-13-8-14-7(11)15-9(16-8)17-10(2,3)5-6(12)18/h4-5H2,1-3H3,(H2,12,18)(H2,13,14,15,16,17). The zero-order valence-electron chi connectivity index (χ0n) is 10.6. The number of amides is 1. The van der Waals surface area contributed by atoms with Crippen molar-refractivity contribution in [3.05, 3.63) is 5.28 Å². The number of carbonyl (C=O) groups is 1. The van der Waals surface area contributed by atoms with Gasteiger partial charge in [0.15, 0.2) is 0 Å². The van der Waals surface area contributed by atoms with E-state index >= 15 is 0 Å². The van der Waals surface area contributed by atoms with Crippen molar-refractivity contribution in [1.29, 1.82) is 0 Å². The Hall–Kier alpha value is -1.63. The summed E-state index contributed by atoms with van der Waals surface area (Å²) in [5, 5.41) is 6.02. The summed E-state index contributed by atoms with van der Waals surface area (Å²) in [6.45, 7) is 6.23. The summed E-state index contributed by atoms with van der Waals surface area (Å²) >= 11 is 5.79. The van der Waals surface area contributed by atoms with E-state index in [-0.39, 0.29) is 11.7 Å². The molecule has 0 saturated heterocycles. The lowest BCUT2D eigenvalue weighted by molar-refractivity contribution is -0.118. The van der Waals surface area contributed by atoms with Gasteiger partial charge in [-0.05, 0) is 32.4 Å². The lowest BCUT2D eigenvalue weighted by Crippen LogP contribution is -2.36. The number of anilines is 2. The van der Waals surface area contributed by atoms with Crippen LogP contribution in [-0.4, -0.2) is 32.9 Å². The van der Waals surface area contributed by atoms with Crippen molar-refractivity contribution in [3.8, 4) is 0 Å². The first-order valence-electron chi connectivity index (χ1n) is 5.54. The lowest BCUT2D eigenvalue weighted by atomic mass is 10.0. The van der Waals surface area contributed by atoms with Crippen LogP contribution in [0.1, 0.15) is 27.2 Å². The first-order chi connectivity index (χ1) is 8.32. The van der Waals surface area contributed by atoms with Crippen LogP contribution in [0.2, 0.25) is 5.28 Å². The molecule has 0 aliphatic heterocycles. The van der Waals surface area contributed by atoms with Crippen LogP contribution in [-0.2, 0) is 4.79 Å². The van der Waals surface area contributed by atoms with Crippen LogP contribution in [0.15, 0.2) is 0 Å². The van der Waals surface area contributed by atoms with E-state index in [1.165, 1.54) is 0 Å². The Bertz CT molecular complexity index is 436. The summed E-state index contributed by atoms with van der Waals surface area (Å²) in [4.78, 5) is 22.9. The topological polar surface area (TPSA) is 106 Å². The van der Waals surface area contributed by atoms with Crippen molar-refractivity contribution in [1.82, 2.24) is 15.0 Å². The summed E-state index contributed by atoms with van der Waals surface area (Å²) in [7, 11) is 0. The first kappa shape index (κ1) is 14.4. The zero-order chi connectivity index (χ0) is 13.8. The number of nitrogens with one attached hydrogen (secondary N) is 2. The summed E-state index contributed by atoms with van der Waals surface area (Å²) in [6, 6.07) is 0. The quantitative estimate of drug-likeness (QED) is 0.714. The summed E-state index contributed by atoms with van der Waals surface area (Å²) in [5.41, 5.74) is 4.61. The van der Waals surface area contributed by atoms with Gasteiger partial charge in [0, 0.05) is 18.5 Å². The van der Waals surface area contributed by atoms with E-state index in [4.69, 9.17) is 17.3 Å². The van der Waals surface area contributed by atoms with Crippen molar-refractivity contribution >= 4 is 29.4 Å². The average Bonchev–Trinajstić information content (AvgIpc) is 2.12. The minimum atomic E-state index is -0.556. The molecule has 0 aliphatic rings. The second-order valence-electron chi connectivity index (χ2n) is 4.43. The zero-order valence-corrected chi connectivity index (χ0v) is 11.4. The van der Waals surface area contributed by atoms with Gasteiger partial charge in [0.25, 0.3) is 0 Å². The van der Waals surface area contributed by atoms with Gasteiger partial charge in [0.05, 0.1) is 0 Å². The molecule has 18 heavy (non-hydrogen) atoms. The van der Waals surface area contributed by atoms with Crippen molar-refractivity contribution in [3.63, 3.8) is 0 Å². The number of nitrogens with zero attached hydrogens (tertiary/aromatic N) is 3. The van der Waals surface area contributed by atoms with Crippen molar-refractivity contribution in [2.45, 2.75) is 32.7 Å². The minimum Gasteiger partial charge on any atom is -0.370 e. The number of hydrogen-bond donors (Lipinski definition) is 3. The Balaban J connectivity index is 2.86.